The van der Waals surface area contributed by atoms with Gasteiger partial charge in [0.2, 0.25) is 5.54 Å². The van der Waals surface area contributed by atoms with Gasteiger partial charge in [0.15, 0.2) is 0 Å². The van der Waals surface area contributed by atoms with Crippen LogP contribution in [0.15, 0.2) is 42.0 Å². The fourth-order valence-electron chi connectivity index (χ4n) is 2.89. The number of anilines is 1. The summed E-state index contributed by atoms with van der Waals surface area (Å²) in [6.07, 6.45) is 1.31. The number of hydrogen-bond acceptors (Lipinski definition) is 4. The number of para-hydroxylation sites is 1. The van der Waals surface area contributed by atoms with Crippen molar-refractivity contribution in [3.05, 3.63) is 42.0 Å². The standard InChI is InChI=1S/C19H24N2O4/c1-6-25-17(24)19(16(23)20-18(3,4)5)13(2)12-15(22)21(19)14-10-8-7-9-11-14/h7-12H,6H2,1-5H3,(H,20,23). The van der Waals surface area contributed by atoms with Gasteiger partial charge in [-0.25, -0.2) is 4.79 Å². The van der Waals surface area contributed by atoms with Crippen molar-refractivity contribution in [3.8, 4) is 0 Å². The highest BCUT2D eigenvalue weighted by atomic mass is 16.5. The Hall–Kier alpha value is -2.63. The molecular weight excluding hydrogens is 320 g/mol. The van der Waals surface area contributed by atoms with Gasteiger partial charge in [-0.05, 0) is 52.3 Å². The number of carbonyl (C=O) groups is 3. The Labute approximate surface area is 147 Å². The van der Waals surface area contributed by atoms with Gasteiger partial charge in [0.05, 0.1) is 6.61 Å². The van der Waals surface area contributed by atoms with E-state index in [0.29, 0.717) is 11.3 Å². The van der Waals surface area contributed by atoms with Gasteiger partial charge in [0.1, 0.15) is 0 Å². The average molecular weight is 344 g/mol. The Balaban J connectivity index is 2.65. The van der Waals surface area contributed by atoms with Gasteiger partial charge in [0.25, 0.3) is 11.8 Å². The lowest BCUT2D eigenvalue weighted by Gasteiger charge is -2.38. The molecule has 134 valence electrons. The summed E-state index contributed by atoms with van der Waals surface area (Å²) in [5.74, 6) is -1.78. The van der Waals surface area contributed by atoms with Crippen molar-refractivity contribution in [2.75, 3.05) is 11.5 Å². The van der Waals surface area contributed by atoms with Crippen molar-refractivity contribution >= 4 is 23.5 Å². The Bertz CT molecular complexity index is 719. The molecule has 0 aromatic heterocycles. The molecule has 1 unspecified atom stereocenters. The smallest absolute Gasteiger partial charge is 0.346 e. The predicted molar refractivity (Wildman–Crippen MR) is 94.9 cm³/mol. The van der Waals surface area contributed by atoms with Crippen LogP contribution >= 0.6 is 0 Å². The van der Waals surface area contributed by atoms with Crippen LogP contribution in [0.25, 0.3) is 0 Å². The van der Waals surface area contributed by atoms with Gasteiger partial charge < -0.3 is 10.1 Å². The molecule has 6 nitrogen and oxygen atoms in total. The van der Waals surface area contributed by atoms with Crippen LogP contribution in [-0.2, 0) is 19.1 Å². The molecule has 1 aromatic carbocycles. The van der Waals surface area contributed by atoms with E-state index in [1.54, 1.807) is 44.2 Å². The minimum atomic E-state index is -1.85. The molecule has 1 atom stereocenters. The topological polar surface area (TPSA) is 75.7 Å². The number of nitrogens with one attached hydrogen (secondary N) is 1. The van der Waals surface area contributed by atoms with E-state index in [4.69, 9.17) is 4.74 Å². The van der Waals surface area contributed by atoms with Gasteiger partial charge in [0, 0.05) is 17.3 Å². The number of ether oxygens (including phenoxy) is 1. The summed E-state index contributed by atoms with van der Waals surface area (Å²) in [7, 11) is 0. The van der Waals surface area contributed by atoms with Crippen molar-refractivity contribution in [2.45, 2.75) is 45.7 Å². The molecule has 6 heteroatoms. The minimum absolute atomic E-state index is 0.105. The summed E-state index contributed by atoms with van der Waals surface area (Å²) in [6, 6.07) is 8.65. The molecule has 0 bridgehead atoms. The van der Waals surface area contributed by atoms with Gasteiger partial charge in [-0.15, -0.1) is 0 Å². The Morgan fingerprint density at radius 3 is 2.32 bits per heavy atom. The molecule has 2 amide bonds. The first-order valence-electron chi connectivity index (χ1n) is 8.22. The van der Waals surface area contributed by atoms with Crippen LogP contribution in [0, 0.1) is 0 Å². The van der Waals surface area contributed by atoms with E-state index in [2.05, 4.69) is 5.32 Å². The van der Waals surface area contributed by atoms with Crippen LogP contribution in [0.5, 0.6) is 0 Å². The van der Waals surface area contributed by atoms with Crippen molar-refractivity contribution in [1.82, 2.24) is 5.32 Å². The van der Waals surface area contributed by atoms with Crippen LogP contribution in [0.3, 0.4) is 0 Å². The largest absolute Gasteiger partial charge is 0.464 e. The lowest BCUT2D eigenvalue weighted by atomic mass is 9.88. The molecule has 0 spiro atoms. The lowest BCUT2D eigenvalue weighted by Crippen LogP contribution is -2.66. The van der Waals surface area contributed by atoms with Crippen LogP contribution in [0.1, 0.15) is 34.6 Å². The molecule has 0 fully saturated rings. The van der Waals surface area contributed by atoms with Crippen LogP contribution < -0.4 is 10.2 Å². The molecule has 1 aliphatic rings. The SMILES string of the molecule is CCOC(=O)C1(C(=O)NC(C)(C)C)C(C)=CC(=O)N1c1ccccc1. The van der Waals surface area contributed by atoms with E-state index < -0.39 is 28.9 Å². The number of esters is 1. The number of rotatable bonds is 4. The zero-order chi connectivity index (χ0) is 18.8. The van der Waals surface area contributed by atoms with E-state index >= 15 is 0 Å². The minimum Gasteiger partial charge on any atom is -0.464 e. The summed E-state index contributed by atoms with van der Waals surface area (Å²) in [5, 5.41) is 2.82. The van der Waals surface area contributed by atoms with Crippen molar-refractivity contribution < 1.29 is 19.1 Å². The van der Waals surface area contributed by atoms with E-state index in [9.17, 15) is 14.4 Å². The fraction of sp³-hybridized carbons (Fsp3) is 0.421. The van der Waals surface area contributed by atoms with Crippen molar-refractivity contribution in [3.63, 3.8) is 0 Å². The third-order valence-corrected chi connectivity index (χ3v) is 3.87. The first-order valence-corrected chi connectivity index (χ1v) is 8.22. The number of nitrogens with zero attached hydrogens (tertiary/aromatic N) is 1. The second-order valence-electron chi connectivity index (χ2n) is 6.97. The zero-order valence-corrected chi connectivity index (χ0v) is 15.3. The van der Waals surface area contributed by atoms with Crippen molar-refractivity contribution in [2.24, 2.45) is 0 Å². The lowest BCUT2D eigenvalue weighted by molar-refractivity contribution is -0.153. The number of carbonyl (C=O) groups excluding carboxylic acids is 3. The summed E-state index contributed by atoms with van der Waals surface area (Å²) < 4.78 is 5.20. The summed E-state index contributed by atoms with van der Waals surface area (Å²) in [5.41, 5.74) is -1.63. The van der Waals surface area contributed by atoms with E-state index in [1.165, 1.54) is 11.0 Å². The molecule has 0 aliphatic carbocycles. The molecule has 0 saturated heterocycles. The second-order valence-corrected chi connectivity index (χ2v) is 6.97. The molecular formula is C19H24N2O4. The van der Waals surface area contributed by atoms with Gasteiger partial charge in [-0.2, -0.15) is 0 Å². The quantitative estimate of drug-likeness (QED) is 0.671. The average Bonchev–Trinajstić information content (AvgIpc) is 2.78. The summed E-state index contributed by atoms with van der Waals surface area (Å²) in [4.78, 5) is 40.0. The first kappa shape index (κ1) is 18.7. The maximum Gasteiger partial charge on any atom is 0.346 e. The third kappa shape index (κ3) is 3.29. The maximum absolute atomic E-state index is 13.2. The number of benzene rings is 1. The highest BCUT2D eigenvalue weighted by Crippen LogP contribution is 2.37. The van der Waals surface area contributed by atoms with Crippen molar-refractivity contribution in [1.29, 1.82) is 0 Å². The summed E-state index contributed by atoms with van der Waals surface area (Å²) >= 11 is 0. The number of amides is 2. The second kappa shape index (κ2) is 6.70. The molecule has 2 rings (SSSR count). The molecule has 1 aliphatic heterocycles. The predicted octanol–water partition coefficient (Wildman–Crippen LogP) is 2.20. The Kier molecular flexibility index (Phi) is 5.02. The maximum atomic E-state index is 13.2. The highest BCUT2D eigenvalue weighted by Gasteiger charge is 2.60. The van der Waals surface area contributed by atoms with Gasteiger partial charge >= 0.3 is 5.97 Å². The van der Waals surface area contributed by atoms with Gasteiger partial charge in [-0.3, -0.25) is 14.5 Å². The highest BCUT2D eigenvalue weighted by molar-refractivity contribution is 6.25. The Morgan fingerprint density at radius 1 is 1.20 bits per heavy atom. The first-order chi connectivity index (χ1) is 11.6. The van der Waals surface area contributed by atoms with E-state index in [-0.39, 0.29) is 6.61 Å². The molecule has 25 heavy (non-hydrogen) atoms. The Morgan fingerprint density at radius 2 is 1.80 bits per heavy atom. The zero-order valence-electron chi connectivity index (χ0n) is 15.3. The van der Waals surface area contributed by atoms with Crippen LogP contribution in [0.4, 0.5) is 5.69 Å². The monoisotopic (exact) mass is 344 g/mol. The molecule has 1 N–H and O–H groups in total. The molecule has 0 saturated carbocycles. The van der Waals surface area contributed by atoms with E-state index in [0.717, 1.165) is 0 Å². The normalized spacial score (nSPS) is 20.3. The molecule has 0 radical (unpaired) electrons. The fourth-order valence-corrected chi connectivity index (χ4v) is 2.89. The van der Waals surface area contributed by atoms with Crippen LogP contribution in [-0.4, -0.2) is 35.5 Å². The summed E-state index contributed by atoms with van der Waals surface area (Å²) in [6.45, 7) is 8.80. The van der Waals surface area contributed by atoms with Gasteiger partial charge in [-0.1, -0.05) is 18.2 Å². The third-order valence-electron chi connectivity index (χ3n) is 3.87. The van der Waals surface area contributed by atoms with Crippen LogP contribution in [0.2, 0.25) is 0 Å². The van der Waals surface area contributed by atoms with E-state index in [1.807, 2.05) is 20.8 Å². The molecule has 1 aromatic rings. The number of hydrogen-bond donors (Lipinski definition) is 1. The molecule has 1 heterocycles.